The van der Waals surface area contributed by atoms with E-state index in [1.54, 1.807) is 13.8 Å². The first-order chi connectivity index (χ1) is 9.04. The van der Waals surface area contributed by atoms with Crippen LogP contribution in [0.25, 0.3) is 11.3 Å². The molecule has 0 aliphatic carbocycles. The van der Waals surface area contributed by atoms with Crippen molar-refractivity contribution in [1.82, 2.24) is 5.16 Å². The van der Waals surface area contributed by atoms with Gasteiger partial charge in [0, 0.05) is 10.0 Å². The highest BCUT2D eigenvalue weighted by molar-refractivity contribution is 9.10. The minimum atomic E-state index is -0.412. The molecule has 4 nitrogen and oxygen atoms in total. The van der Waals surface area contributed by atoms with Crippen molar-refractivity contribution in [2.24, 2.45) is 0 Å². The van der Waals surface area contributed by atoms with E-state index in [4.69, 9.17) is 9.26 Å². The maximum absolute atomic E-state index is 12.0. The summed E-state index contributed by atoms with van der Waals surface area (Å²) in [4.78, 5) is 12.0. The molecule has 5 heteroatoms. The van der Waals surface area contributed by atoms with Gasteiger partial charge in [-0.05, 0) is 32.9 Å². The maximum Gasteiger partial charge on any atom is 0.344 e. The van der Waals surface area contributed by atoms with Crippen LogP contribution in [0.3, 0.4) is 0 Å². The largest absolute Gasteiger partial charge is 0.462 e. The first-order valence-corrected chi connectivity index (χ1v) is 6.73. The number of aromatic nitrogens is 1. The Balaban J connectivity index is 2.57. The molecule has 1 aromatic heterocycles. The number of hydrogen-bond acceptors (Lipinski definition) is 4. The van der Waals surface area contributed by atoms with Crippen molar-refractivity contribution in [3.8, 4) is 11.3 Å². The lowest BCUT2D eigenvalue weighted by Crippen LogP contribution is -2.06. The monoisotopic (exact) mass is 323 g/mol. The lowest BCUT2D eigenvalue weighted by atomic mass is 10.0. The van der Waals surface area contributed by atoms with Gasteiger partial charge >= 0.3 is 5.97 Å². The molecule has 0 aliphatic rings. The molecule has 2 aromatic rings. The lowest BCUT2D eigenvalue weighted by molar-refractivity contribution is 0.0525. The molecule has 0 fully saturated rings. The van der Waals surface area contributed by atoms with Gasteiger partial charge in [-0.2, -0.15) is 0 Å². The molecule has 0 aliphatic heterocycles. The highest BCUT2D eigenvalue weighted by atomic mass is 79.9. The van der Waals surface area contributed by atoms with Crippen LogP contribution in [0.2, 0.25) is 0 Å². The van der Waals surface area contributed by atoms with Gasteiger partial charge in [0.2, 0.25) is 0 Å². The van der Waals surface area contributed by atoms with Crippen molar-refractivity contribution in [3.05, 3.63) is 39.6 Å². The molecular formula is C14H14BrNO3. The first-order valence-electron chi connectivity index (χ1n) is 5.94. The summed E-state index contributed by atoms with van der Waals surface area (Å²) >= 11 is 3.46. The van der Waals surface area contributed by atoms with E-state index in [1.807, 2.05) is 25.1 Å². The third kappa shape index (κ3) is 2.71. The quantitative estimate of drug-likeness (QED) is 0.804. The molecular weight excluding hydrogens is 310 g/mol. The Kier molecular flexibility index (Phi) is 4.04. The zero-order chi connectivity index (χ0) is 14.0. The summed E-state index contributed by atoms with van der Waals surface area (Å²) < 4.78 is 11.0. The fraction of sp³-hybridized carbons (Fsp3) is 0.286. The normalized spacial score (nSPS) is 10.5. The second-order valence-corrected chi connectivity index (χ2v) is 5.02. The zero-order valence-electron chi connectivity index (χ0n) is 11.0. The molecule has 0 saturated heterocycles. The number of hydrogen-bond donors (Lipinski definition) is 0. The Bertz CT molecular complexity index is 619. The molecule has 0 saturated carbocycles. The second kappa shape index (κ2) is 5.57. The predicted octanol–water partition coefficient (Wildman–Crippen LogP) is 3.90. The van der Waals surface area contributed by atoms with Gasteiger partial charge in [0.05, 0.1) is 6.61 Å². The number of halogens is 1. The van der Waals surface area contributed by atoms with E-state index in [2.05, 4.69) is 21.1 Å². The minimum absolute atomic E-state index is 0.317. The molecule has 1 heterocycles. The van der Waals surface area contributed by atoms with Crippen LogP contribution in [-0.2, 0) is 4.74 Å². The molecule has 0 amide bonds. The van der Waals surface area contributed by atoms with Crippen LogP contribution in [0.4, 0.5) is 0 Å². The number of aryl methyl sites for hydroxylation is 2. The summed E-state index contributed by atoms with van der Waals surface area (Å²) in [7, 11) is 0. The summed E-state index contributed by atoms with van der Waals surface area (Å²) in [6, 6.07) is 5.85. The molecule has 0 N–H and O–H groups in total. The van der Waals surface area contributed by atoms with E-state index >= 15 is 0 Å². The van der Waals surface area contributed by atoms with Crippen molar-refractivity contribution < 1.29 is 14.1 Å². The van der Waals surface area contributed by atoms with E-state index in [1.165, 1.54) is 0 Å². The Hall–Kier alpha value is -1.62. The Morgan fingerprint density at radius 1 is 1.42 bits per heavy atom. The number of benzene rings is 1. The van der Waals surface area contributed by atoms with Gasteiger partial charge in [-0.25, -0.2) is 4.79 Å². The fourth-order valence-corrected chi connectivity index (χ4v) is 2.25. The van der Waals surface area contributed by atoms with E-state index in [0.717, 1.165) is 15.6 Å². The van der Waals surface area contributed by atoms with Gasteiger partial charge in [0.1, 0.15) is 17.0 Å². The average molecular weight is 324 g/mol. The van der Waals surface area contributed by atoms with Crippen molar-refractivity contribution in [2.75, 3.05) is 6.61 Å². The van der Waals surface area contributed by atoms with Gasteiger partial charge in [-0.15, -0.1) is 0 Å². The molecule has 2 rings (SSSR count). The van der Waals surface area contributed by atoms with Crippen molar-refractivity contribution >= 4 is 21.9 Å². The summed E-state index contributed by atoms with van der Waals surface area (Å²) in [6.07, 6.45) is 0. The summed E-state index contributed by atoms with van der Waals surface area (Å²) in [5.74, 6) is 0.0477. The van der Waals surface area contributed by atoms with Crippen LogP contribution in [0, 0.1) is 13.8 Å². The molecule has 0 spiro atoms. The van der Waals surface area contributed by atoms with E-state index < -0.39 is 5.97 Å². The number of nitrogens with zero attached hydrogens (tertiary/aromatic N) is 1. The highest BCUT2D eigenvalue weighted by Gasteiger charge is 2.23. The third-order valence-corrected chi connectivity index (χ3v) is 3.41. The molecule has 0 atom stereocenters. The number of ether oxygens (including phenoxy) is 1. The Morgan fingerprint density at radius 2 is 2.16 bits per heavy atom. The molecule has 100 valence electrons. The van der Waals surface area contributed by atoms with E-state index in [0.29, 0.717) is 23.6 Å². The zero-order valence-corrected chi connectivity index (χ0v) is 12.6. The molecule has 0 radical (unpaired) electrons. The third-order valence-electron chi connectivity index (χ3n) is 2.72. The molecule has 0 bridgehead atoms. The van der Waals surface area contributed by atoms with E-state index in [9.17, 15) is 4.79 Å². The predicted molar refractivity (Wildman–Crippen MR) is 75.1 cm³/mol. The van der Waals surface area contributed by atoms with Crippen LogP contribution in [0.5, 0.6) is 0 Å². The number of rotatable bonds is 3. The minimum Gasteiger partial charge on any atom is -0.462 e. The van der Waals surface area contributed by atoms with Crippen LogP contribution < -0.4 is 0 Å². The van der Waals surface area contributed by atoms with Crippen molar-refractivity contribution in [3.63, 3.8) is 0 Å². The second-order valence-electron chi connectivity index (χ2n) is 4.17. The molecule has 0 unspecified atom stereocenters. The smallest absolute Gasteiger partial charge is 0.344 e. The van der Waals surface area contributed by atoms with Gasteiger partial charge < -0.3 is 9.26 Å². The SMILES string of the molecule is CCOC(=O)c1c(-c2cc(C)ccc2Br)noc1C. The molecule has 1 aromatic carbocycles. The topological polar surface area (TPSA) is 52.3 Å². The van der Waals surface area contributed by atoms with Crippen LogP contribution >= 0.6 is 15.9 Å². The van der Waals surface area contributed by atoms with Crippen LogP contribution in [0.1, 0.15) is 28.6 Å². The standard InChI is InChI=1S/C14H14BrNO3/c1-4-18-14(17)12-9(3)19-16-13(12)10-7-8(2)5-6-11(10)15/h5-7H,4H2,1-3H3. The van der Waals surface area contributed by atoms with Gasteiger partial charge in [-0.3, -0.25) is 0 Å². The first kappa shape index (κ1) is 13.8. The number of carbonyl (C=O) groups is 1. The highest BCUT2D eigenvalue weighted by Crippen LogP contribution is 2.32. The van der Waals surface area contributed by atoms with Crippen molar-refractivity contribution in [1.29, 1.82) is 0 Å². The average Bonchev–Trinajstić information content (AvgIpc) is 2.74. The van der Waals surface area contributed by atoms with Gasteiger partial charge in [-0.1, -0.05) is 32.7 Å². The molecule has 19 heavy (non-hydrogen) atoms. The number of esters is 1. The van der Waals surface area contributed by atoms with Gasteiger partial charge in [0.25, 0.3) is 0 Å². The van der Waals surface area contributed by atoms with Gasteiger partial charge in [0.15, 0.2) is 0 Å². The summed E-state index contributed by atoms with van der Waals surface area (Å²) in [5.41, 5.74) is 2.79. The Labute approximate surface area is 119 Å². The summed E-state index contributed by atoms with van der Waals surface area (Å²) in [5, 5.41) is 3.99. The van der Waals surface area contributed by atoms with Crippen LogP contribution in [0.15, 0.2) is 27.2 Å². The van der Waals surface area contributed by atoms with Crippen LogP contribution in [-0.4, -0.2) is 17.7 Å². The summed E-state index contributed by atoms with van der Waals surface area (Å²) in [6.45, 7) is 5.76. The Morgan fingerprint density at radius 3 is 2.84 bits per heavy atom. The maximum atomic E-state index is 12.0. The van der Waals surface area contributed by atoms with Crippen molar-refractivity contribution in [2.45, 2.75) is 20.8 Å². The lowest BCUT2D eigenvalue weighted by Gasteiger charge is -2.05. The fourth-order valence-electron chi connectivity index (χ4n) is 1.82. The number of carbonyl (C=O) groups excluding carboxylic acids is 1. The van der Waals surface area contributed by atoms with E-state index in [-0.39, 0.29) is 0 Å².